The molecule has 3 heterocycles. The Kier molecular flexibility index (Phi) is 6.29. The minimum atomic E-state index is -0.632. The van der Waals surface area contributed by atoms with Crippen LogP contribution >= 0.6 is 0 Å². The molecule has 0 bridgehead atoms. The van der Waals surface area contributed by atoms with Gasteiger partial charge in [-0.15, -0.1) is 0 Å². The number of carbonyl (C=O) groups excluding carboxylic acids is 1. The van der Waals surface area contributed by atoms with Crippen molar-refractivity contribution in [2.75, 3.05) is 32.0 Å². The molecule has 198 valence electrons. The van der Waals surface area contributed by atoms with Crippen LogP contribution in [0.5, 0.6) is 0 Å². The fraction of sp³-hybridized carbons (Fsp3) is 0.600. The Hall–Kier alpha value is -2.48. The van der Waals surface area contributed by atoms with Crippen LogP contribution in [0.3, 0.4) is 0 Å². The molecule has 7 nitrogen and oxygen atoms in total. The van der Waals surface area contributed by atoms with Gasteiger partial charge in [0.05, 0.1) is 11.2 Å². The Bertz CT molecular complexity index is 1150. The molecule has 2 aliphatic carbocycles. The average Bonchev–Trinajstić information content (AvgIpc) is 3.25. The summed E-state index contributed by atoms with van der Waals surface area (Å²) in [4.78, 5) is 20.1. The summed E-state index contributed by atoms with van der Waals surface area (Å²) < 4.78 is 5.59. The van der Waals surface area contributed by atoms with Crippen LogP contribution in [-0.2, 0) is 10.2 Å². The first-order valence-electron chi connectivity index (χ1n) is 14.0. The van der Waals surface area contributed by atoms with E-state index < -0.39 is 5.60 Å². The van der Waals surface area contributed by atoms with Gasteiger partial charge in [0.15, 0.2) is 0 Å². The first kappa shape index (κ1) is 24.8. The lowest BCUT2D eigenvalue weighted by Gasteiger charge is -2.34. The van der Waals surface area contributed by atoms with E-state index in [1.54, 1.807) is 6.20 Å². The smallest absolute Gasteiger partial charge is 0.255 e. The SMILES string of the molecule is C[C@H]1[C@H]2CN(C3CCOCC3)C[C@]21c1ccc(-c2cnc(N)c(C(=O)N[C@H]3CC[C@](C)(O)CC3)c2)cc1. The van der Waals surface area contributed by atoms with Crippen molar-refractivity contribution in [2.45, 2.75) is 75.5 Å². The molecule has 1 amide bonds. The molecule has 4 aliphatic rings. The number of nitrogens with one attached hydrogen (secondary N) is 1. The zero-order chi connectivity index (χ0) is 25.8. The van der Waals surface area contributed by atoms with Gasteiger partial charge in [0.25, 0.3) is 5.91 Å². The van der Waals surface area contributed by atoms with E-state index in [1.165, 1.54) is 12.1 Å². The number of aromatic nitrogens is 1. The number of hydrogen-bond donors (Lipinski definition) is 3. The minimum Gasteiger partial charge on any atom is -0.390 e. The van der Waals surface area contributed by atoms with Crippen molar-refractivity contribution in [3.63, 3.8) is 0 Å². The molecule has 1 aromatic heterocycles. The molecule has 4 fully saturated rings. The van der Waals surface area contributed by atoms with Crippen LogP contribution in [-0.4, -0.2) is 64.9 Å². The zero-order valence-electron chi connectivity index (χ0n) is 22.1. The predicted molar refractivity (Wildman–Crippen MR) is 144 cm³/mol. The monoisotopic (exact) mass is 504 g/mol. The van der Waals surface area contributed by atoms with Gasteiger partial charge in [0.2, 0.25) is 0 Å². The van der Waals surface area contributed by atoms with E-state index in [2.05, 4.69) is 46.4 Å². The first-order valence-corrected chi connectivity index (χ1v) is 14.0. The van der Waals surface area contributed by atoms with E-state index in [1.807, 2.05) is 13.0 Å². The number of ether oxygens (including phenoxy) is 1. The lowest BCUT2D eigenvalue weighted by molar-refractivity contribution is 0.0140. The second-order valence-corrected chi connectivity index (χ2v) is 12.2. The Balaban J connectivity index is 1.16. The van der Waals surface area contributed by atoms with Crippen molar-refractivity contribution in [1.29, 1.82) is 0 Å². The van der Waals surface area contributed by atoms with Crippen LogP contribution in [0.1, 0.15) is 68.3 Å². The van der Waals surface area contributed by atoms with Crippen molar-refractivity contribution in [2.24, 2.45) is 11.8 Å². The maximum absolute atomic E-state index is 13.0. The molecule has 7 heteroatoms. The molecule has 3 atom stereocenters. The molecule has 0 radical (unpaired) electrons. The van der Waals surface area contributed by atoms with Gasteiger partial charge in [-0.2, -0.15) is 0 Å². The summed E-state index contributed by atoms with van der Waals surface area (Å²) in [6, 6.07) is 11.5. The van der Waals surface area contributed by atoms with E-state index in [-0.39, 0.29) is 23.2 Å². The van der Waals surface area contributed by atoms with Crippen molar-refractivity contribution in [1.82, 2.24) is 15.2 Å². The third-order valence-electron chi connectivity index (χ3n) is 9.89. The molecule has 0 spiro atoms. The number of fused-ring (bicyclic) bond motifs is 1. The van der Waals surface area contributed by atoms with E-state index in [9.17, 15) is 9.90 Å². The number of aliphatic hydroxyl groups is 1. The molecule has 2 aliphatic heterocycles. The summed E-state index contributed by atoms with van der Waals surface area (Å²) in [6.45, 7) is 8.39. The van der Waals surface area contributed by atoms with E-state index >= 15 is 0 Å². The largest absolute Gasteiger partial charge is 0.390 e. The molecule has 4 N–H and O–H groups in total. The molecule has 2 aromatic rings. The number of benzene rings is 1. The molecule has 2 saturated heterocycles. The molecular formula is C30H40N4O3. The van der Waals surface area contributed by atoms with Gasteiger partial charge in [0, 0.05) is 55.6 Å². The highest BCUT2D eigenvalue weighted by atomic mass is 16.5. The lowest BCUT2D eigenvalue weighted by atomic mass is 9.83. The number of likely N-dealkylation sites (tertiary alicyclic amines) is 1. The predicted octanol–water partition coefficient (Wildman–Crippen LogP) is 3.75. The summed E-state index contributed by atoms with van der Waals surface area (Å²) in [5.41, 5.74) is 9.53. The standard InChI is InChI=1S/C30H40N4O3/c1-19-26-17-34(24-9-13-37-14-10-24)18-30(19,26)22-5-3-20(4-6-22)21-15-25(27(31)32-16-21)28(35)33-23-7-11-29(2,36)12-8-23/h3-6,15-16,19,23-24,26,36H,7-14,17-18H2,1-2H3,(H2,31,32)(H,33,35)/t19-,23-,26+,29-,30-/m0/s1. The minimum absolute atomic E-state index is 0.0508. The number of carbonyl (C=O) groups is 1. The molecule has 2 saturated carbocycles. The summed E-state index contributed by atoms with van der Waals surface area (Å²) in [5.74, 6) is 1.50. The highest BCUT2D eigenvalue weighted by Gasteiger charge is 2.67. The summed E-state index contributed by atoms with van der Waals surface area (Å²) >= 11 is 0. The molecule has 37 heavy (non-hydrogen) atoms. The third kappa shape index (κ3) is 4.55. The van der Waals surface area contributed by atoms with Gasteiger partial charge in [-0.1, -0.05) is 31.2 Å². The van der Waals surface area contributed by atoms with Gasteiger partial charge in [0.1, 0.15) is 5.82 Å². The van der Waals surface area contributed by atoms with Gasteiger partial charge >= 0.3 is 0 Å². The summed E-state index contributed by atoms with van der Waals surface area (Å²) in [6.07, 6.45) is 6.95. The lowest BCUT2D eigenvalue weighted by Crippen LogP contribution is -2.42. The summed E-state index contributed by atoms with van der Waals surface area (Å²) in [7, 11) is 0. The number of nitrogens with zero attached hydrogens (tertiary/aromatic N) is 2. The number of pyridine rings is 1. The second kappa shape index (κ2) is 9.37. The van der Waals surface area contributed by atoms with Crippen molar-refractivity contribution in [3.05, 3.63) is 47.7 Å². The number of nitrogen functional groups attached to an aromatic ring is 1. The maximum atomic E-state index is 13.0. The van der Waals surface area contributed by atoms with Crippen LogP contribution in [0.2, 0.25) is 0 Å². The van der Waals surface area contributed by atoms with Gasteiger partial charge < -0.3 is 20.9 Å². The van der Waals surface area contributed by atoms with Crippen LogP contribution in [0.25, 0.3) is 11.1 Å². The fourth-order valence-electron chi connectivity index (χ4n) is 7.29. The van der Waals surface area contributed by atoms with Crippen LogP contribution in [0.4, 0.5) is 5.82 Å². The van der Waals surface area contributed by atoms with Crippen LogP contribution < -0.4 is 11.1 Å². The van der Waals surface area contributed by atoms with Crippen molar-refractivity contribution < 1.29 is 14.6 Å². The van der Waals surface area contributed by atoms with Crippen LogP contribution in [0, 0.1) is 11.8 Å². The van der Waals surface area contributed by atoms with E-state index in [0.717, 1.165) is 62.5 Å². The molecular weight excluding hydrogens is 464 g/mol. The Labute approximate surface area is 219 Å². The van der Waals surface area contributed by atoms with Crippen LogP contribution in [0.15, 0.2) is 36.5 Å². The highest BCUT2D eigenvalue weighted by Crippen LogP contribution is 2.64. The Morgan fingerprint density at radius 1 is 1.14 bits per heavy atom. The van der Waals surface area contributed by atoms with Gasteiger partial charge in [-0.25, -0.2) is 4.98 Å². The highest BCUT2D eigenvalue weighted by molar-refractivity contribution is 5.99. The maximum Gasteiger partial charge on any atom is 0.255 e. The number of anilines is 1. The van der Waals surface area contributed by atoms with Crippen molar-refractivity contribution >= 4 is 11.7 Å². The Morgan fingerprint density at radius 2 is 1.84 bits per heavy atom. The first-order chi connectivity index (χ1) is 17.8. The number of amides is 1. The van der Waals surface area contributed by atoms with Gasteiger partial charge in [-0.3, -0.25) is 9.69 Å². The average molecular weight is 505 g/mol. The molecule has 1 aromatic carbocycles. The quantitative estimate of drug-likeness (QED) is 0.573. The van der Waals surface area contributed by atoms with Crippen molar-refractivity contribution in [3.8, 4) is 11.1 Å². The van der Waals surface area contributed by atoms with E-state index in [0.29, 0.717) is 30.4 Å². The number of piperidine rings is 1. The molecule has 0 unspecified atom stereocenters. The normalized spacial score (nSPS) is 34.2. The van der Waals surface area contributed by atoms with E-state index in [4.69, 9.17) is 10.5 Å². The topological polar surface area (TPSA) is 101 Å². The Morgan fingerprint density at radius 3 is 2.54 bits per heavy atom. The second-order valence-electron chi connectivity index (χ2n) is 12.2. The number of hydrogen-bond acceptors (Lipinski definition) is 6. The summed E-state index contributed by atoms with van der Waals surface area (Å²) in [5, 5.41) is 13.3. The zero-order valence-corrected chi connectivity index (χ0v) is 22.1. The molecule has 6 rings (SSSR count). The number of rotatable bonds is 5. The van der Waals surface area contributed by atoms with Gasteiger partial charge in [-0.05, 0) is 74.5 Å². The fourth-order valence-corrected chi connectivity index (χ4v) is 7.29. The third-order valence-corrected chi connectivity index (χ3v) is 9.89. The number of nitrogens with two attached hydrogens (primary N) is 1.